The summed E-state index contributed by atoms with van der Waals surface area (Å²) in [7, 11) is 1.91. The number of nitrogens with zero attached hydrogens (tertiary/aromatic N) is 1. The summed E-state index contributed by atoms with van der Waals surface area (Å²) in [4.78, 5) is 0. The third-order valence-corrected chi connectivity index (χ3v) is 1.60. The van der Waals surface area contributed by atoms with E-state index in [0.29, 0.717) is 5.75 Å². The number of aliphatic hydroxyl groups is 2. The van der Waals surface area contributed by atoms with E-state index in [0.717, 1.165) is 0 Å². The molecule has 0 aliphatic rings. The van der Waals surface area contributed by atoms with Crippen LogP contribution in [-0.2, 0) is 7.05 Å². The van der Waals surface area contributed by atoms with Gasteiger partial charge in [-0.25, -0.2) is 4.57 Å². The fourth-order valence-corrected chi connectivity index (χ4v) is 0.829. The van der Waals surface area contributed by atoms with Crippen LogP contribution in [0.4, 0.5) is 0 Å². The highest BCUT2D eigenvalue weighted by Gasteiger charge is 2.03. The third-order valence-electron chi connectivity index (χ3n) is 1.60. The first-order chi connectivity index (χ1) is 6.22. The highest BCUT2D eigenvalue weighted by atomic mass is 16.5. The average Bonchev–Trinajstić information content (AvgIpc) is 2.16. The van der Waals surface area contributed by atoms with Gasteiger partial charge < -0.3 is 14.9 Å². The van der Waals surface area contributed by atoms with Crippen molar-refractivity contribution in [2.45, 2.75) is 6.10 Å². The van der Waals surface area contributed by atoms with Crippen molar-refractivity contribution in [2.75, 3.05) is 13.2 Å². The Morgan fingerprint density at radius 3 is 2.62 bits per heavy atom. The van der Waals surface area contributed by atoms with Gasteiger partial charge in [0.1, 0.15) is 25.5 Å². The molecule has 0 saturated heterocycles. The van der Waals surface area contributed by atoms with Crippen molar-refractivity contribution in [3.05, 3.63) is 24.5 Å². The van der Waals surface area contributed by atoms with Gasteiger partial charge >= 0.3 is 0 Å². The van der Waals surface area contributed by atoms with E-state index in [1.807, 2.05) is 24.0 Å². The predicted octanol–water partition coefficient (Wildman–Crippen LogP) is -0.757. The smallest absolute Gasteiger partial charge is 0.172 e. The SMILES string of the molecule is C[n+]1ccc(OCC(O)CO)cc1. The van der Waals surface area contributed by atoms with E-state index >= 15 is 0 Å². The number of ether oxygens (including phenoxy) is 1. The van der Waals surface area contributed by atoms with Gasteiger partial charge in [0, 0.05) is 12.1 Å². The Kier molecular flexibility index (Phi) is 3.67. The molecule has 72 valence electrons. The summed E-state index contributed by atoms with van der Waals surface area (Å²) < 4.78 is 7.07. The van der Waals surface area contributed by atoms with E-state index in [1.165, 1.54) is 0 Å². The summed E-state index contributed by atoms with van der Waals surface area (Å²) in [6.45, 7) is -0.162. The highest BCUT2D eigenvalue weighted by Crippen LogP contribution is 2.05. The van der Waals surface area contributed by atoms with E-state index < -0.39 is 6.10 Å². The van der Waals surface area contributed by atoms with Gasteiger partial charge in [-0.15, -0.1) is 0 Å². The van der Waals surface area contributed by atoms with Crippen LogP contribution < -0.4 is 9.30 Å². The quantitative estimate of drug-likeness (QED) is 0.605. The second-order valence-corrected chi connectivity index (χ2v) is 2.85. The van der Waals surface area contributed by atoms with E-state index in [-0.39, 0.29) is 13.2 Å². The van der Waals surface area contributed by atoms with Crippen molar-refractivity contribution in [3.63, 3.8) is 0 Å². The lowest BCUT2D eigenvalue weighted by Crippen LogP contribution is -2.26. The zero-order valence-corrected chi connectivity index (χ0v) is 7.55. The summed E-state index contributed by atoms with van der Waals surface area (Å²) in [5.74, 6) is 0.686. The lowest BCUT2D eigenvalue weighted by atomic mass is 10.4. The Labute approximate surface area is 77.0 Å². The molecule has 2 N–H and O–H groups in total. The van der Waals surface area contributed by atoms with Crippen LogP contribution in [0.1, 0.15) is 0 Å². The number of pyridine rings is 1. The molecule has 0 aliphatic heterocycles. The van der Waals surface area contributed by atoms with Crippen LogP contribution in [0.15, 0.2) is 24.5 Å². The van der Waals surface area contributed by atoms with Crippen LogP contribution in [0.25, 0.3) is 0 Å². The molecule has 0 amide bonds. The molecule has 0 spiro atoms. The monoisotopic (exact) mass is 184 g/mol. The summed E-state index contributed by atoms with van der Waals surface area (Å²) in [5, 5.41) is 17.5. The molecule has 0 aromatic carbocycles. The summed E-state index contributed by atoms with van der Waals surface area (Å²) in [6.07, 6.45) is 2.88. The minimum atomic E-state index is -0.811. The Morgan fingerprint density at radius 2 is 2.08 bits per heavy atom. The Hall–Kier alpha value is -1.13. The van der Waals surface area contributed by atoms with E-state index in [2.05, 4.69) is 0 Å². The number of aliphatic hydroxyl groups excluding tert-OH is 2. The summed E-state index contributed by atoms with van der Waals surface area (Å²) in [5.41, 5.74) is 0. The molecule has 1 unspecified atom stereocenters. The van der Waals surface area contributed by atoms with Crippen molar-refractivity contribution in [1.29, 1.82) is 0 Å². The standard InChI is InChI=1S/C9H14NO3/c1-10-4-2-9(3-5-10)13-7-8(12)6-11/h2-5,8,11-12H,6-7H2,1H3/q+1. The number of hydrogen-bond acceptors (Lipinski definition) is 3. The minimum absolute atomic E-state index is 0.115. The first-order valence-corrected chi connectivity index (χ1v) is 4.09. The first kappa shape index (κ1) is 9.95. The maximum atomic E-state index is 8.99. The van der Waals surface area contributed by atoms with Gasteiger partial charge in [-0.2, -0.15) is 0 Å². The van der Waals surface area contributed by atoms with Gasteiger partial charge in [0.15, 0.2) is 12.4 Å². The molecule has 0 fully saturated rings. The van der Waals surface area contributed by atoms with E-state index in [4.69, 9.17) is 14.9 Å². The molecule has 1 atom stereocenters. The molecule has 0 aliphatic carbocycles. The van der Waals surface area contributed by atoms with Crippen LogP contribution in [0.5, 0.6) is 5.75 Å². The fraction of sp³-hybridized carbons (Fsp3) is 0.444. The normalized spacial score (nSPS) is 12.5. The van der Waals surface area contributed by atoms with Crippen molar-refractivity contribution in [1.82, 2.24) is 0 Å². The Morgan fingerprint density at radius 1 is 1.46 bits per heavy atom. The maximum Gasteiger partial charge on any atom is 0.172 e. The lowest BCUT2D eigenvalue weighted by Gasteiger charge is -2.08. The molecule has 1 aromatic rings. The zero-order chi connectivity index (χ0) is 9.68. The van der Waals surface area contributed by atoms with Crippen LogP contribution in [0, 0.1) is 0 Å². The molecule has 0 saturated carbocycles. The topological polar surface area (TPSA) is 53.6 Å². The van der Waals surface area contributed by atoms with Crippen molar-refractivity contribution >= 4 is 0 Å². The maximum absolute atomic E-state index is 8.99. The number of rotatable bonds is 4. The Balaban J connectivity index is 2.41. The summed E-state index contributed by atoms with van der Waals surface area (Å²) in [6, 6.07) is 3.59. The molecule has 1 rings (SSSR count). The molecule has 1 aromatic heterocycles. The number of aryl methyl sites for hydroxylation is 1. The van der Waals surface area contributed by atoms with Gasteiger partial charge in [0.2, 0.25) is 0 Å². The number of hydrogen-bond donors (Lipinski definition) is 2. The van der Waals surface area contributed by atoms with Gasteiger partial charge in [-0.1, -0.05) is 0 Å². The lowest BCUT2D eigenvalue weighted by molar-refractivity contribution is -0.671. The average molecular weight is 184 g/mol. The molecule has 13 heavy (non-hydrogen) atoms. The predicted molar refractivity (Wildman–Crippen MR) is 46.2 cm³/mol. The summed E-state index contributed by atoms with van der Waals surface area (Å²) >= 11 is 0. The van der Waals surface area contributed by atoms with Crippen LogP contribution in [0.3, 0.4) is 0 Å². The number of aromatic nitrogens is 1. The van der Waals surface area contributed by atoms with Crippen molar-refractivity contribution in [3.8, 4) is 5.75 Å². The van der Waals surface area contributed by atoms with Crippen molar-refractivity contribution < 1.29 is 19.5 Å². The molecule has 4 heteroatoms. The molecule has 0 radical (unpaired) electrons. The second-order valence-electron chi connectivity index (χ2n) is 2.85. The van der Waals surface area contributed by atoms with Gasteiger partial charge in [-0.3, -0.25) is 0 Å². The first-order valence-electron chi connectivity index (χ1n) is 4.09. The van der Waals surface area contributed by atoms with Gasteiger partial charge in [-0.05, 0) is 0 Å². The molecular weight excluding hydrogens is 170 g/mol. The largest absolute Gasteiger partial charge is 0.490 e. The zero-order valence-electron chi connectivity index (χ0n) is 7.55. The van der Waals surface area contributed by atoms with Crippen LogP contribution in [0.2, 0.25) is 0 Å². The third kappa shape index (κ3) is 3.40. The minimum Gasteiger partial charge on any atom is -0.490 e. The van der Waals surface area contributed by atoms with Gasteiger partial charge in [0.25, 0.3) is 0 Å². The van der Waals surface area contributed by atoms with E-state index in [1.54, 1.807) is 12.1 Å². The Bertz CT molecular complexity index is 248. The molecule has 1 heterocycles. The molecular formula is C9H14NO3+. The molecule has 0 bridgehead atoms. The van der Waals surface area contributed by atoms with E-state index in [9.17, 15) is 0 Å². The van der Waals surface area contributed by atoms with Crippen LogP contribution >= 0.6 is 0 Å². The van der Waals surface area contributed by atoms with Crippen molar-refractivity contribution in [2.24, 2.45) is 7.05 Å². The highest BCUT2D eigenvalue weighted by molar-refractivity contribution is 5.14. The van der Waals surface area contributed by atoms with Gasteiger partial charge in [0.05, 0.1) is 6.61 Å². The van der Waals surface area contributed by atoms with Crippen LogP contribution in [-0.4, -0.2) is 29.5 Å². The molecule has 4 nitrogen and oxygen atoms in total. The fourth-order valence-electron chi connectivity index (χ4n) is 0.829. The second kappa shape index (κ2) is 4.79.